The minimum absolute atomic E-state index is 0.0813. The highest BCUT2D eigenvalue weighted by Gasteiger charge is 2.08. The second kappa shape index (κ2) is 9.40. The van der Waals surface area contributed by atoms with E-state index in [4.69, 9.17) is 11.6 Å². The number of Topliss-reactive ketones (excluding diaryl/α,β-unsaturated/α-hetero) is 1. The molecule has 0 heterocycles. The highest BCUT2D eigenvalue weighted by Crippen LogP contribution is 2.23. The number of carbonyl (C=O) groups excluding carboxylic acids is 2. The lowest BCUT2D eigenvalue weighted by Crippen LogP contribution is -2.14. The van der Waals surface area contributed by atoms with Gasteiger partial charge >= 0.3 is 0 Å². The third kappa shape index (κ3) is 5.98. The smallest absolute Gasteiger partial charge is 0.228 e. The number of nitrogens with one attached hydrogen (secondary N) is 1. The van der Waals surface area contributed by atoms with Crippen molar-refractivity contribution in [3.8, 4) is 0 Å². The molecule has 0 unspecified atom stereocenters. The fourth-order valence-electron chi connectivity index (χ4n) is 2.51. The van der Waals surface area contributed by atoms with Crippen LogP contribution in [-0.4, -0.2) is 17.4 Å². The molecule has 0 saturated heterocycles. The molecule has 3 aromatic carbocycles. The molecule has 0 aliphatic carbocycles. The van der Waals surface area contributed by atoms with Gasteiger partial charge in [0.25, 0.3) is 0 Å². The third-order valence-corrected chi connectivity index (χ3v) is 5.11. The first-order chi connectivity index (χ1) is 13.1. The molecule has 136 valence electrons. The SMILES string of the molecule is O=C(Cc1ccc(Cl)cc1)Nc1cccc(SCC(=O)c2ccccc2)c1. The fourth-order valence-corrected chi connectivity index (χ4v) is 3.49. The number of anilines is 1. The standard InChI is InChI=1S/C22H18ClNO2S/c23-18-11-9-16(10-12-18)13-22(26)24-19-7-4-8-20(14-19)27-15-21(25)17-5-2-1-3-6-17/h1-12,14H,13,15H2,(H,24,26). The van der Waals surface area contributed by atoms with E-state index in [2.05, 4.69) is 5.32 Å². The van der Waals surface area contributed by atoms with Crippen molar-refractivity contribution in [3.63, 3.8) is 0 Å². The molecule has 0 saturated carbocycles. The minimum atomic E-state index is -0.0974. The Labute approximate surface area is 167 Å². The Balaban J connectivity index is 1.56. The van der Waals surface area contributed by atoms with Gasteiger partial charge in [-0.1, -0.05) is 60.1 Å². The average molecular weight is 396 g/mol. The summed E-state index contributed by atoms with van der Waals surface area (Å²) in [4.78, 5) is 25.4. The third-order valence-electron chi connectivity index (χ3n) is 3.86. The zero-order valence-electron chi connectivity index (χ0n) is 14.5. The summed E-state index contributed by atoms with van der Waals surface area (Å²) in [7, 11) is 0. The maximum atomic E-state index is 12.2. The second-order valence-corrected chi connectivity index (χ2v) is 7.44. The van der Waals surface area contributed by atoms with Crippen molar-refractivity contribution >= 4 is 40.7 Å². The number of hydrogen-bond acceptors (Lipinski definition) is 3. The zero-order valence-corrected chi connectivity index (χ0v) is 16.1. The maximum absolute atomic E-state index is 12.2. The van der Waals surface area contributed by atoms with Crippen LogP contribution in [0.25, 0.3) is 0 Å². The van der Waals surface area contributed by atoms with Gasteiger partial charge in [-0.05, 0) is 35.9 Å². The molecule has 27 heavy (non-hydrogen) atoms. The van der Waals surface area contributed by atoms with Crippen LogP contribution in [0.3, 0.4) is 0 Å². The predicted octanol–water partition coefficient (Wildman–Crippen LogP) is 5.50. The number of rotatable bonds is 7. The van der Waals surface area contributed by atoms with E-state index in [1.807, 2.05) is 66.7 Å². The van der Waals surface area contributed by atoms with E-state index in [1.54, 1.807) is 12.1 Å². The molecule has 3 nitrogen and oxygen atoms in total. The van der Waals surface area contributed by atoms with Gasteiger partial charge in [-0.15, -0.1) is 11.8 Å². The van der Waals surface area contributed by atoms with E-state index in [0.717, 1.165) is 10.5 Å². The molecule has 0 bridgehead atoms. The topological polar surface area (TPSA) is 46.2 Å². The molecule has 1 amide bonds. The molecule has 0 aromatic heterocycles. The Morgan fingerprint density at radius 1 is 0.889 bits per heavy atom. The van der Waals surface area contributed by atoms with Crippen LogP contribution in [-0.2, 0) is 11.2 Å². The summed E-state index contributed by atoms with van der Waals surface area (Å²) in [6.07, 6.45) is 0.279. The van der Waals surface area contributed by atoms with Gasteiger partial charge in [-0.2, -0.15) is 0 Å². The van der Waals surface area contributed by atoms with Gasteiger partial charge in [-0.3, -0.25) is 9.59 Å². The Hall–Kier alpha value is -2.56. The monoisotopic (exact) mass is 395 g/mol. The number of thioether (sulfide) groups is 1. The summed E-state index contributed by atoms with van der Waals surface area (Å²) in [5, 5.41) is 3.54. The highest BCUT2D eigenvalue weighted by molar-refractivity contribution is 8.00. The van der Waals surface area contributed by atoms with Gasteiger partial charge in [-0.25, -0.2) is 0 Å². The molecule has 0 aliphatic heterocycles. The van der Waals surface area contributed by atoms with Crippen LogP contribution < -0.4 is 5.32 Å². The number of amides is 1. The fraction of sp³-hybridized carbons (Fsp3) is 0.0909. The van der Waals surface area contributed by atoms with Gasteiger partial charge in [0.2, 0.25) is 5.91 Å². The van der Waals surface area contributed by atoms with Crippen molar-refractivity contribution in [3.05, 3.63) is 95.0 Å². The quantitative estimate of drug-likeness (QED) is 0.424. The predicted molar refractivity (Wildman–Crippen MR) is 112 cm³/mol. The van der Waals surface area contributed by atoms with Crippen molar-refractivity contribution < 1.29 is 9.59 Å². The molecule has 0 spiro atoms. The normalized spacial score (nSPS) is 10.4. The molecule has 1 N–H and O–H groups in total. The van der Waals surface area contributed by atoms with Gasteiger partial charge in [0.15, 0.2) is 5.78 Å². The number of carbonyl (C=O) groups is 2. The van der Waals surface area contributed by atoms with Crippen LogP contribution in [0.4, 0.5) is 5.69 Å². The van der Waals surface area contributed by atoms with Crippen molar-refractivity contribution in [2.45, 2.75) is 11.3 Å². The summed E-state index contributed by atoms with van der Waals surface area (Å²) < 4.78 is 0. The van der Waals surface area contributed by atoms with Crippen molar-refractivity contribution in [2.75, 3.05) is 11.1 Å². The number of benzene rings is 3. The second-order valence-electron chi connectivity index (χ2n) is 5.96. The van der Waals surface area contributed by atoms with Gasteiger partial charge in [0.1, 0.15) is 0 Å². The summed E-state index contributed by atoms with van der Waals surface area (Å²) in [6, 6.07) is 24.0. The summed E-state index contributed by atoms with van der Waals surface area (Å²) in [6.45, 7) is 0. The molecular formula is C22H18ClNO2S. The summed E-state index contributed by atoms with van der Waals surface area (Å²) in [5.41, 5.74) is 2.32. The Morgan fingerprint density at radius 3 is 2.37 bits per heavy atom. The number of halogens is 1. The average Bonchev–Trinajstić information content (AvgIpc) is 2.69. The molecule has 0 radical (unpaired) electrons. The van der Waals surface area contributed by atoms with Gasteiger partial charge in [0.05, 0.1) is 12.2 Å². The molecule has 5 heteroatoms. The first-order valence-electron chi connectivity index (χ1n) is 8.45. The molecule has 3 rings (SSSR count). The van der Waals surface area contributed by atoms with Crippen LogP contribution in [0.2, 0.25) is 5.02 Å². The largest absolute Gasteiger partial charge is 0.326 e. The molecule has 0 aliphatic rings. The van der Waals surface area contributed by atoms with Crippen molar-refractivity contribution in [2.24, 2.45) is 0 Å². The van der Waals surface area contributed by atoms with E-state index in [1.165, 1.54) is 11.8 Å². The van der Waals surface area contributed by atoms with Crippen LogP contribution in [0.1, 0.15) is 15.9 Å². The lowest BCUT2D eigenvalue weighted by molar-refractivity contribution is -0.115. The number of hydrogen-bond donors (Lipinski definition) is 1. The van der Waals surface area contributed by atoms with Gasteiger partial charge < -0.3 is 5.32 Å². The maximum Gasteiger partial charge on any atom is 0.228 e. The summed E-state index contributed by atoms with van der Waals surface area (Å²) >= 11 is 7.31. The molecule has 0 fully saturated rings. The number of ketones is 1. The lowest BCUT2D eigenvalue weighted by Gasteiger charge is -2.08. The first-order valence-corrected chi connectivity index (χ1v) is 9.82. The van der Waals surface area contributed by atoms with E-state index >= 15 is 0 Å². The van der Waals surface area contributed by atoms with Gasteiger partial charge in [0, 0.05) is 21.2 Å². The lowest BCUT2D eigenvalue weighted by atomic mass is 10.1. The van der Waals surface area contributed by atoms with Crippen LogP contribution in [0.15, 0.2) is 83.8 Å². The molecular weight excluding hydrogens is 378 g/mol. The van der Waals surface area contributed by atoms with Crippen LogP contribution in [0, 0.1) is 0 Å². The van der Waals surface area contributed by atoms with E-state index in [9.17, 15) is 9.59 Å². The Morgan fingerprint density at radius 2 is 1.63 bits per heavy atom. The first kappa shape index (κ1) is 19.2. The van der Waals surface area contributed by atoms with Crippen molar-refractivity contribution in [1.82, 2.24) is 0 Å². The Kier molecular flexibility index (Phi) is 6.69. The van der Waals surface area contributed by atoms with Crippen molar-refractivity contribution in [1.29, 1.82) is 0 Å². The van der Waals surface area contributed by atoms with E-state index in [0.29, 0.717) is 22.0 Å². The zero-order chi connectivity index (χ0) is 19.1. The minimum Gasteiger partial charge on any atom is -0.326 e. The van der Waals surface area contributed by atoms with E-state index < -0.39 is 0 Å². The molecule has 3 aromatic rings. The van der Waals surface area contributed by atoms with Crippen LogP contribution >= 0.6 is 23.4 Å². The molecule has 0 atom stereocenters. The highest BCUT2D eigenvalue weighted by atomic mass is 35.5. The Bertz CT molecular complexity index is 927. The van der Waals surface area contributed by atoms with E-state index in [-0.39, 0.29) is 18.1 Å². The van der Waals surface area contributed by atoms with Crippen LogP contribution in [0.5, 0.6) is 0 Å². The summed E-state index contributed by atoms with van der Waals surface area (Å²) in [5.74, 6) is 0.337.